The third kappa shape index (κ3) is 10.6. The highest BCUT2D eigenvalue weighted by Crippen LogP contribution is 2.83. The average molecular weight is 535 g/mol. The van der Waals surface area contributed by atoms with Crippen LogP contribution >= 0.6 is 54.0 Å². The van der Waals surface area contributed by atoms with Gasteiger partial charge in [0.1, 0.15) is 0 Å². The number of halogens is 3. The molecule has 29 heavy (non-hydrogen) atoms. The van der Waals surface area contributed by atoms with Crippen molar-refractivity contribution in [2.45, 2.75) is 19.3 Å². The predicted octanol–water partition coefficient (Wildman–Crippen LogP) is 5.37. The maximum absolute atomic E-state index is 6.60. The van der Waals surface area contributed by atoms with E-state index in [0.29, 0.717) is 52.7 Å². The summed E-state index contributed by atoms with van der Waals surface area (Å²) in [7, 11) is -2.97. The first-order valence-electron chi connectivity index (χ1n) is 9.37. The zero-order valence-corrected chi connectivity index (χ0v) is 21.1. The van der Waals surface area contributed by atoms with Crippen molar-refractivity contribution in [1.29, 1.82) is 0 Å². The Kier molecular flexibility index (Phi) is 12.6. The van der Waals surface area contributed by atoms with Gasteiger partial charge in [-0.1, -0.05) is 6.42 Å². The zero-order chi connectivity index (χ0) is 21.1. The third-order valence-electron chi connectivity index (χ3n) is 3.60. The molecular formula is C13H29Cl3N5O5P3. The number of rotatable bonds is 6. The molecule has 2 rings (SSSR count). The number of nitrogens with zero attached hydrogens (tertiary/aromatic N) is 3. The number of fused-ring (bicyclic) bond motifs is 1. The summed E-state index contributed by atoms with van der Waals surface area (Å²) in [6, 6.07) is 0. The summed E-state index contributed by atoms with van der Waals surface area (Å²) in [5, 5.41) is 3.27. The van der Waals surface area contributed by atoms with Gasteiger partial charge < -0.3 is 29.0 Å². The molecule has 2 unspecified atom stereocenters. The van der Waals surface area contributed by atoms with E-state index in [9.17, 15) is 0 Å². The summed E-state index contributed by atoms with van der Waals surface area (Å²) in [5.41, 5.74) is 5.55. The minimum Gasteiger partial charge on any atom is -0.377 e. The molecule has 0 aromatic heterocycles. The monoisotopic (exact) mass is 533 g/mol. The Hall–Kier alpha value is 1.28. The highest BCUT2D eigenvalue weighted by atomic mass is 35.9. The fraction of sp³-hybridized carbons (Fsp3) is 1.00. The lowest BCUT2D eigenvalue weighted by Crippen LogP contribution is -2.17. The van der Waals surface area contributed by atoms with Gasteiger partial charge in [-0.05, 0) is 53.1 Å². The third-order valence-corrected chi connectivity index (χ3v) is 14.7. The van der Waals surface area contributed by atoms with Gasteiger partial charge in [0.25, 0.3) is 13.5 Å². The van der Waals surface area contributed by atoms with Gasteiger partial charge in [-0.15, -0.1) is 0 Å². The van der Waals surface area contributed by atoms with E-state index < -0.39 is 20.3 Å². The fourth-order valence-corrected chi connectivity index (χ4v) is 15.5. The molecule has 0 amide bonds. The van der Waals surface area contributed by atoms with E-state index in [1.165, 1.54) is 0 Å². The van der Waals surface area contributed by atoms with Gasteiger partial charge >= 0.3 is 6.78 Å². The summed E-state index contributed by atoms with van der Waals surface area (Å²) >= 11 is 19.4. The topological polar surface area (TPSA) is 121 Å². The molecule has 16 heteroatoms. The number of hydrogen-bond donors (Lipinski definition) is 2. The Morgan fingerprint density at radius 2 is 1.31 bits per heavy atom. The highest BCUT2D eigenvalue weighted by molar-refractivity contribution is 8.15. The molecule has 3 N–H and O–H groups in total. The molecule has 0 saturated carbocycles. The second-order valence-corrected chi connectivity index (χ2v) is 16.6. The van der Waals surface area contributed by atoms with Crippen molar-refractivity contribution in [1.82, 2.24) is 5.09 Å². The molecule has 10 nitrogen and oxygen atoms in total. The minimum absolute atomic E-state index is 0.192. The molecule has 0 radical (unpaired) electrons. The summed E-state index contributed by atoms with van der Waals surface area (Å²) < 4.78 is 41.4. The molecule has 0 fully saturated rings. The maximum Gasteiger partial charge on any atom is 0.300 e. The van der Waals surface area contributed by atoms with E-state index >= 15 is 0 Å². The SMILES string of the molecule is NCCCCCNP12=NP(Cl)(Cl)=NP(Cl)(=N1)OCCOCCOCCOCCO2. The molecule has 0 aromatic rings. The van der Waals surface area contributed by atoms with Crippen LogP contribution in [0.3, 0.4) is 0 Å². The number of nitrogens with one attached hydrogen (secondary N) is 1. The first-order chi connectivity index (χ1) is 13.9. The van der Waals surface area contributed by atoms with Crippen LogP contribution in [0.1, 0.15) is 19.3 Å². The molecular weight excluding hydrogens is 505 g/mol. The predicted molar refractivity (Wildman–Crippen MR) is 121 cm³/mol. The number of hydrogen-bond acceptors (Lipinski definition) is 10. The lowest BCUT2D eigenvalue weighted by Gasteiger charge is -2.29. The van der Waals surface area contributed by atoms with Gasteiger partial charge in [0.2, 0.25) is 0 Å². The van der Waals surface area contributed by atoms with Crippen LogP contribution in [0.4, 0.5) is 0 Å². The zero-order valence-electron chi connectivity index (χ0n) is 16.1. The van der Waals surface area contributed by atoms with Crippen molar-refractivity contribution in [2.75, 3.05) is 65.9 Å². The van der Waals surface area contributed by atoms with Crippen LogP contribution < -0.4 is 10.8 Å². The number of nitrogens with two attached hydrogens (primary N) is 1. The van der Waals surface area contributed by atoms with Crippen molar-refractivity contribution < 1.29 is 23.3 Å². The molecule has 0 aliphatic carbocycles. The van der Waals surface area contributed by atoms with Crippen LogP contribution in [-0.2, 0) is 23.3 Å². The summed E-state index contributed by atoms with van der Waals surface area (Å²) in [6.07, 6.45) is 2.77. The van der Waals surface area contributed by atoms with E-state index in [1.807, 2.05) is 0 Å². The van der Waals surface area contributed by atoms with Gasteiger partial charge in [0, 0.05) is 6.54 Å². The minimum atomic E-state index is -3.15. The van der Waals surface area contributed by atoms with E-state index in [1.54, 1.807) is 0 Å². The fourth-order valence-electron chi connectivity index (χ4n) is 2.34. The molecule has 2 aliphatic rings. The molecule has 0 spiro atoms. The van der Waals surface area contributed by atoms with Crippen molar-refractivity contribution >= 4 is 54.0 Å². The van der Waals surface area contributed by atoms with Crippen molar-refractivity contribution in [3.8, 4) is 0 Å². The lowest BCUT2D eigenvalue weighted by atomic mass is 10.2. The molecule has 0 saturated heterocycles. The summed E-state index contributed by atoms with van der Waals surface area (Å²) in [5.74, 6) is -3.11. The largest absolute Gasteiger partial charge is 0.377 e. The second kappa shape index (κ2) is 13.7. The van der Waals surface area contributed by atoms with Crippen LogP contribution in [-0.4, -0.2) is 65.9 Å². The number of ether oxygens (including phenoxy) is 3. The standard InChI is InChI=1S/C13H29Cl3N5O5P3/c14-27(15)19-28(16)21-29(20-27,18-5-3-1-2-4-17)26-13-11-24-9-7-22-6-8-23-10-12-25-28/h18H,1-13,17H2. The number of unbranched alkanes of at least 4 members (excludes halogenated alkanes) is 2. The smallest absolute Gasteiger partial charge is 0.300 e. The molecule has 0 aromatic carbocycles. The molecule has 2 aliphatic heterocycles. The van der Waals surface area contributed by atoms with Crippen molar-refractivity contribution in [3.63, 3.8) is 0 Å². The van der Waals surface area contributed by atoms with Crippen LogP contribution in [0.15, 0.2) is 13.5 Å². The molecule has 2 bridgehead atoms. The molecule has 172 valence electrons. The lowest BCUT2D eigenvalue weighted by molar-refractivity contribution is 0.00555. The van der Waals surface area contributed by atoms with E-state index in [4.69, 9.17) is 62.7 Å². The van der Waals surface area contributed by atoms with Crippen molar-refractivity contribution in [3.05, 3.63) is 0 Å². The molecule has 2 heterocycles. The van der Waals surface area contributed by atoms with Crippen LogP contribution in [0.25, 0.3) is 0 Å². The summed E-state index contributed by atoms with van der Waals surface area (Å²) in [6.45, 7) is 1.00. The maximum atomic E-state index is 6.60. The Morgan fingerprint density at radius 3 is 1.93 bits per heavy atom. The van der Waals surface area contributed by atoms with Gasteiger partial charge in [-0.3, -0.25) is 0 Å². The Labute approximate surface area is 186 Å². The first-order valence-corrected chi connectivity index (χ1v) is 17.0. The van der Waals surface area contributed by atoms with Gasteiger partial charge in [0.05, 0.1) is 52.9 Å². The quantitative estimate of drug-likeness (QED) is 0.347. The highest BCUT2D eigenvalue weighted by Gasteiger charge is 2.36. The van der Waals surface area contributed by atoms with E-state index in [2.05, 4.69) is 18.6 Å². The van der Waals surface area contributed by atoms with E-state index in [0.717, 1.165) is 19.3 Å². The van der Waals surface area contributed by atoms with Crippen molar-refractivity contribution in [2.24, 2.45) is 19.3 Å². The molecule has 2 atom stereocenters. The van der Waals surface area contributed by atoms with Gasteiger partial charge in [-0.2, -0.15) is 13.5 Å². The summed E-state index contributed by atoms with van der Waals surface area (Å²) in [4.78, 5) is 0. The Balaban J connectivity index is 2.19. The first kappa shape index (κ1) is 26.5. The van der Waals surface area contributed by atoms with Crippen LogP contribution in [0, 0.1) is 0 Å². The van der Waals surface area contributed by atoms with Gasteiger partial charge in [0.15, 0.2) is 0 Å². The van der Waals surface area contributed by atoms with E-state index in [-0.39, 0.29) is 13.2 Å². The van der Waals surface area contributed by atoms with Crippen LogP contribution in [0.2, 0.25) is 0 Å². The Bertz CT molecular complexity index is 666. The van der Waals surface area contributed by atoms with Crippen LogP contribution in [0.5, 0.6) is 0 Å². The average Bonchev–Trinajstić information content (AvgIpc) is 2.63. The normalized spacial score (nSPS) is 31.9. The Morgan fingerprint density at radius 1 is 0.724 bits per heavy atom. The second-order valence-electron chi connectivity index (χ2n) is 6.00. The van der Waals surface area contributed by atoms with Gasteiger partial charge in [-0.25, -0.2) is 5.09 Å².